The van der Waals surface area contributed by atoms with Crippen molar-refractivity contribution < 1.29 is 19.1 Å². The van der Waals surface area contributed by atoms with Crippen LogP contribution in [0.5, 0.6) is 0 Å². The zero-order valence-electron chi connectivity index (χ0n) is 22.9. The van der Waals surface area contributed by atoms with Crippen molar-refractivity contribution in [1.29, 1.82) is 0 Å². The predicted molar refractivity (Wildman–Crippen MR) is 153 cm³/mol. The molecule has 2 bridgehead atoms. The second-order valence-electron chi connectivity index (χ2n) is 12.1. The first-order chi connectivity index (χ1) is 19.0. The van der Waals surface area contributed by atoms with Gasteiger partial charge >= 0.3 is 6.09 Å². The maximum absolute atomic E-state index is 12.6. The summed E-state index contributed by atoms with van der Waals surface area (Å²) in [5, 5.41) is 12.6. The average Bonchev–Trinajstić information content (AvgIpc) is 3.02. The number of quaternary nitrogens is 1. The van der Waals surface area contributed by atoms with Gasteiger partial charge in [-0.1, -0.05) is 91.0 Å². The van der Waals surface area contributed by atoms with Gasteiger partial charge in [-0.25, -0.2) is 4.79 Å². The Morgan fingerprint density at radius 1 is 0.821 bits per heavy atom. The molecule has 4 saturated heterocycles. The van der Waals surface area contributed by atoms with Crippen LogP contribution in [-0.2, 0) is 16.9 Å². The van der Waals surface area contributed by atoms with Crippen LogP contribution < -0.4 is 0 Å². The van der Waals surface area contributed by atoms with Gasteiger partial charge in [-0.2, -0.15) is 0 Å². The van der Waals surface area contributed by atoms with Gasteiger partial charge in [0.2, 0.25) is 0 Å². The second-order valence-corrected chi connectivity index (χ2v) is 12.1. The number of carbonyl (C=O) groups excluding carboxylic acids is 1. The average molecular weight is 526 g/mol. The van der Waals surface area contributed by atoms with E-state index < -0.39 is 5.60 Å². The fourth-order valence-corrected chi connectivity index (χ4v) is 7.67. The Hall–Kier alpha value is -3.15. The summed E-state index contributed by atoms with van der Waals surface area (Å²) in [6.45, 7) is 6.47. The van der Waals surface area contributed by atoms with Crippen LogP contribution in [0.1, 0.15) is 48.8 Å². The number of aliphatic hydroxyl groups is 1. The Morgan fingerprint density at radius 3 is 1.82 bits per heavy atom. The van der Waals surface area contributed by atoms with Crippen molar-refractivity contribution in [3.8, 4) is 0 Å². The summed E-state index contributed by atoms with van der Waals surface area (Å²) in [5.74, 6) is 0.635. The van der Waals surface area contributed by atoms with Gasteiger partial charge in [0.05, 0.1) is 26.2 Å². The van der Waals surface area contributed by atoms with Crippen LogP contribution in [0.3, 0.4) is 0 Å². The van der Waals surface area contributed by atoms with Crippen LogP contribution in [0.4, 0.5) is 4.79 Å². The zero-order valence-corrected chi connectivity index (χ0v) is 22.9. The molecule has 5 nitrogen and oxygen atoms in total. The smallest absolute Gasteiger partial charge is 0.410 e. The highest BCUT2D eigenvalue weighted by Crippen LogP contribution is 2.57. The molecule has 0 saturated carbocycles. The van der Waals surface area contributed by atoms with E-state index in [2.05, 4.69) is 48.5 Å². The van der Waals surface area contributed by atoms with Gasteiger partial charge in [0.25, 0.3) is 0 Å². The summed E-state index contributed by atoms with van der Waals surface area (Å²) >= 11 is 0. The number of rotatable bonds is 7. The van der Waals surface area contributed by atoms with Crippen LogP contribution in [0.25, 0.3) is 0 Å². The summed E-state index contributed by atoms with van der Waals surface area (Å²) in [4.78, 5) is 14.5. The number of piperidine rings is 4. The minimum Gasteiger partial charge on any atom is -0.445 e. The molecular weight excluding hydrogens is 484 g/mol. The summed E-state index contributed by atoms with van der Waals surface area (Å²) in [7, 11) is 0. The lowest BCUT2D eigenvalue weighted by Crippen LogP contribution is -2.67. The molecule has 4 aliphatic heterocycles. The first-order valence-electron chi connectivity index (χ1n) is 14.7. The van der Waals surface area contributed by atoms with E-state index in [0.717, 1.165) is 81.5 Å². The quantitative estimate of drug-likeness (QED) is 0.387. The van der Waals surface area contributed by atoms with Crippen molar-refractivity contribution >= 4 is 6.09 Å². The first-order valence-corrected chi connectivity index (χ1v) is 14.7. The molecule has 0 unspecified atom stereocenters. The van der Waals surface area contributed by atoms with Gasteiger partial charge in [-0.3, -0.25) is 0 Å². The maximum Gasteiger partial charge on any atom is 0.410 e. The summed E-state index contributed by atoms with van der Waals surface area (Å²) in [5.41, 5.74) is 1.95. The molecule has 1 amide bonds. The van der Waals surface area contributed by atoms with E-state index >= 15 is 0 Å². The van der Waals surface area contributed by atoms with Gasteiger partial charge in [0.1, 0.15) is 12.2 Å². The monoisotopic (exact) mass is 525 g/mol. The Kier molecular flexibility index (Phi) is 7.22. The Bertz CT molecular complexity index is 1180. The van der Waals surface area contributed by atoms with Crippen molar-refractivity contribution in [2.45, 2.75) is 44.3 Å². The predicted octanol–water partition coefficient (Wildman–Crippen LogP) is 5.97. The van der Waals surface area contributed by atoms with E-state index in [9.17, 15) is 9.90 Å². The molecule has 7 rings (SSSR count). The summed E-state index contributed by atoms with van der Waals surface area (Å²) in [6.07, 6.45) is 5.02. The van der Waals surface area contributed by atoms with Crippen molar-refractivity contribution in [3.63, 3.8) is 0 Å². The van der Waals surface area contributed by atoms with Gasteiger partial charge in [0.15, 0.2) is 0 Å². The normalized spacial score (nSPS) is 25.4. The molecule has 4 heterocycles. The lowest BCUT2D eigenvalue weighted by Gasteiger charge is -2.60. The minimum atomic E-state index is -0.975. The Labute approximate surface area is 232 Å². The third-order valence-electron chi connectivity index (χ3n) is 10.1. The number of benzene rings is 3. The highest BCUT2D eigenvalue weighted by molar-refractivity contribution is 5.67. The molecule has 1 N–H and O–H groups in total. The third kappa shape index (κ3) is 4.99. The number of nitrogens with zero attached hydrogens (tertiary/aromatic N) is 2. The molecule has 204 valence electrons. The molecule has 0 atom stereocenters. The number of ether oxygens (including phenoxy) is 1. The summed E-state index contributed by atoms with van der Waals surface area (Å²) in [6, 6.07) is 30.6. The maximum atomic E-state index is 12.6. The van der Waals surface area contributed by atoms with Gasteiger partial charge < -0.3 is 19.2 Å². The van der Waals surface area contributed by atoms with E-state index in [1.165, 1.54) is 11.0 Å². The fraction of sp³-hybridized carbons (Fsp3) is 0.441. The molecule has 4 aliphatic rings. The highest BCUT2D eigenvalue weighted by atomic mass is 16.6. The van der Waals surface area contributed by atoms with Crippen LogP contribution in [0, 0.1) is 11.3 Å². The van der Waals surface area contributed by atoms with Gasteiger partial charge in [0, 0.05) is 43.7 Å². The highest BCUT2D eigenvalue weighted by Gasteiger charge is 2.60. The van der Waals surface area contributed by atoms with Crippen molar-refractivity contribution in [2.24, 2.45) is 11.3 Å². The van der Waals surface area contributed by atoms with Gasteiger partial charge in [-0.15, -0.1) is 0 Å². The molecule has 3 aromatic carbocycles. The van der Waals surface area contributed by atoms with Crippen LogP contribution in [0.2, 0.25) is 0 Å². The number of hydrogen-bond acceptors (Lipinski definition) is 3. The van der Waals surface area contributed by atoms with Crippen LogP contribution in [-0.4, -0.2) is 59.9 Å². The first kappa shape index (κ1) is 26.1. The number of fused-ring (bicyclic) bond motifs is 3. The SMILES string of the molecule is O=C(OCc1ccccc1)N1CCC(C[N+]23CCC(C(O)(c4ccccc4)c4ccccc4)(CC2)CC3)CC1. The lowest BCUT2D eigenvalue weighted by atomic mass is 9.56. The summed E-state index contributed by atoms with van der Waals surface area (Å²) < 4.78 is 6.75. The van der Waals surface area contributed by atoms with Crippen LogP contribution >= 0.6 is 0 Å². The number of hydrogen-bond donors (Lipinski definition) is 1. The molecular formula is C34H41N2O3+. The van der Waals surface area contributed by atoms with Crippen molar-refractivity contribution in [3.05, 3.63) is 108 Å². The van der Waals surface area contributed by atoms with Crippen LogP contribution in [0.15, 0.2) is 91.0 Å². The van der Waals surface area contributed by atoms with E-state index in [1.807, 2.05) is 47.4 Å². The number of amides is 1. The standard InChI is InChI=1S/C34H41N2O3/c37-32(39-27-29-10-4-1-5-11-29)35-21-16-28(17-22-35)26-36-23-18-33(19-24-36,20-25-36)34(38,30-12-6-2-7-13-30)31-14-8-3-9-15-31/h1-15,28,38H,16-27H2/q+1. The molecule has 39 heavy (non-hydrogen) atoms. The largest absolute Gasteiger partial charge is 0.445 e. The third-order valence-corrected chi connectivity index (χ3v) is 10.1. The molecule has 3 aromatic rings. The van der Waals surface area contributed by atoms with Crippen molar-refractivity contribution in [2.75, 3.05) is 39.3 Å². The van der Waals surface area contributed by atoms with E-state index in [4.69, 9.17) is 4.74 Å². The Morgan fingerprint density at radius 2 is 1.31 bits per heavy atom. The fourth-order valence-electron chi connectivity index (χ4n) is 7.67. The number of carbonyl (C=O) groups is 1. The number of likely N-dealkylation sites (tertiary alicyclic amines) is 1. The lowest BCUT2D eigenvalue weighted by molar-refractivity contribution is -0.949. The van der Waals surface area contributed by atoms with Crippen molar-refractivity contribution in [1.82, 2.24) is 4.90 Å². The molecule has 0 spiro atoms. The topological polar surface area (TPSA) is 49.8 Å². The van der Waals surface area contributed by atoms with E-state index in [0.29, 0.717) is 12.5 Å². The molecule has 5 heteroatoms. The van der Waals surface area contributed by atoms with E-state index in [-0.39, 0.29) is 11.5 Å². The van der Waals surface area contributed by atoms with E-state index in [1.54, 1.807) is 0 Å². The molecule has 0 radical (unpaired) electrons. The Balaban J connectivity index is 1.08. The zero-order chi connectivity index (χ0) is 26.8. The minimum absolute atomic E-state index is 0.137. The molecule has 4 fully saturated rings. The second kappa shape index (κ2) is 10.8. The molecule has 0 aliphatic carbocycles. The van der Waals surface area contributed by atoms with Gasteiger partial charge in [-0.05, 0) is 29.5 Å². The molecule has 0 aromatic heterocycles.